The van der Waals surface area contributed by atoms with Gasteiger partial charge in [0, 0.05) is 10.2 Å². The molecule has 0 aliphatic heterocycles. The molecule has 23 heavy (non-hydrogen) atoms. The fraction of sp³-hybridized carbons (Fsp3) is 0.235. The molecule has 2 amide bonds. The molecule has 0 aliphatic carbocycles. The maximum Gasteiger partial charge on any atom is 0.321 e. The van der Waals surface area contributed by atoms with E-state index in [1.807, 2.05) is 44.2 Å². The molecule has 2 rings (SSSR count). The van der Waals surface area contributed by atoms with E-state index in [2.05, 4.69) is 26.6 Å². The number of urea groups is 1. The second kappa shape index (κ2) is 8.43. The summed E-state index contributed by atoms with van der Waals surface area (Å²) in [4.78, 5) is 11.8. The average Bonchev–Trinajstić information content (AvgIpc) is 2.52. The molecule has 0 atom stereocenters. The molecule has 0 fully saturated rings. The first kappa shape index (κ1) is 17.1. The number of amides is 2. The van der Waals surface area contributed by atoms with Gasteiger partial charge in [0.15, 0.2) is 6.73 Å². The van der Waals surface area contributed by atoms with Crippen LogP contribution in [0, 0.1) is 6.92 Å². The highest BCUT2D eigenvalue weighted by Crippen LogP contribution is 2.20. The van der Waals surface area contributed by atoms with Crippen molar-refractivity contribution in [2.45, 2.75) is 13.8 Å². The van der Waals surface area contributed by atoms with Crippen molar-refractivity contribution in [1.82, 2.24) is 5.32 Å². The minimum absolute atomic E-state index is 0.0788. The topological polar surface area (TPSA) is 59.6 Å². The standard InChI is InChI=1S/C17H19BrN2O3/c1-3-22-14-5-7-15(8-6-14)23-11-19-17(21)20-16-9-4-13(18)10-12(16)2/h4-10H,3,11H2,1-2H3,(H2,19,20,21). The third kappa shape index (κ3) is 5.49. The Labute approximate surface area is 144 Å². The number of rotatable bonds is 6. The molecule has 2 aromatic carbocycles. The number of ether oxygens (including phenoxy) is 2. The van der Waals surface area contributed by atoms with Crippen LogP contribution in [0.4, 0.5) is 10.5 Å². The van der Waals surface area contributed by atoms with E-state index < -0.39 is 0 Å². The summed E-state index contributed by atoms with van der Waals surface area (Å²) >= 11 is 3.39. The molecular weight excluding hydrogens is 360 g/mol. The smallest absolute Gasteiger partial charge is 0.321 e. The van der Waals surface area contributed by atoms with Gasteiger partial charge in [0.2, 0.25) is 0 Å². The largest absolute Gasteiger partial charge is 0.494 e. The highest BCUT2D eigenvalue weighted by Gasteiger charge is 2.04. The molecule has 0 bridgehead atoms. The quantitative estimate of drug-likeness (QED) is 0.736. The molecule has 122 valence electrons. The molecule has 0 aliphatic rings. The molecular formula is C17H19BrN2O3. The molecule has 6 heteroatoms. The van der Waals surface area contributed by atoms with Crippen LogP contribution in [0.15, 0.2) is 46.9 Å². The van der Waals surface area contributed by atoms with Crippen molar-refractivity contribution in [3.63, 3.8) is 0 Å². The van der Waals surface area contributed by atoms with E-state index in [9.17, 15) is 4.79 Å². The lowest BCUT2D eigenvalue weighted by atomic mass is 10.2. The van der Waals surface area contributed by atoms with Gasteiger partial charge in [-0.1, -0.05) is 15.9 Å². The third-order valence-electron chi connectivity index (χ3n) is 3.04. The van der Waals surface area contributed by atoms with Crippen molar-refractivity contribution >= 4 is 27.6 Å². The normalized spacial score (nSPS) is 10.0. The molecule has 0 aromatic heterocycles. The van der Waals surface area contributed by atoms with Crippen molar-refractivity contribution in [3.05, 3.63) is 52.5 Å². The minimum atomic E-state index is -0.318. The second-order valence-electron chi connectivity index (χ2n) is 4.78. The highest BCUT2D eigenvalue weighted by atomic mass is 79.9. The van der Waals surface area contributed by atoms with Crippen molar-refractivity contribution < 1.29 is 14.3 Å². The third-order valence-corrected chi connectivity index (χ3v) is 3.54. The first-order chi connectivity index (χ1) is 11.1. The van der Waals surface area contributed by atoms with Gasteiger partial charge < -0.3 is 20.1 Å². The molecule has 0 unspecified atom stereocenters. The summed E-state index contributed by atoms with van der Waals surface area (Å²) < 4.78 is 11.8. The predicted molar refractivity (Wildman–Crippen MR) is 94.1 cm³/mol. The Morgan fingerprint density at radius 2 is 1.74 bits per heavy atom. The lowest BCUT2D eigenvalue weighted by molar-refractivity contribution is 0.234. The lowest BCUT2D eigenvalue weighted by Crippen LogP contribution is -2.32. The van der Waals surface area contributed by atoms with Gasteiger partial charge in [-0.3, -0.25) is 0 Å². The summed E-state index contributed by atoms with van der Waals surface area (Å²) in [7, 11) is 0. The Morgan fingerprint density at radius 1 is 1.09 bits per heavy atom. The van der Waals surface area contributed by atoms with E-state index in [-0.39, 0.29) is 12.8 Å². The zero-order chi connectivity index (χ0) is 16.7. The van der Waals surface area contributed by atoms with E-state index in [0.29, 0.717) is 12.4 Å². The van der Waals surface area contributed by atoms with E-state index in [4.69, 9.17) is 9.47 Å². The molecule has 0 heterocycles. The van der Waals surface area contributed by atoms with E-state index in [1.165, 1.54) is 0 Å². The maximum absolute atomic E-state index is 11.8. The maximum atomic E-state index is 11.8. The summed E-state index contributed by atoms with van der Waals surface area (Å²) in [5.74, 6) is 1.45. The van der Waals surface area contributed by atoms with Gasteiger partial charge in [-0.15, -0.1) is 0 Å². The molecule has 2 aromatic rings. The van der Waals surface area contributed by atoms with Crippen LogP contribution >= 0.6 is 15.9 Å². The summed E-state index contributed by atoms with van der Waals surface area (Å²) in [5.41, 5.74) is 1.73. The van der Waals surface area contributed by atoms with Gasteiger partial charge in [-0.25, -0.2) is 4.79 Å². The molecule has 2 N–H and O–H groups in total. The zero-order valence-electron chi connectivity index (χ0n) is 13.1. The van der Waals surface area contributed by atoms with Gasteiger partial charge >= 0.3 is 6.03 Å². The van der Waals surface area contributed by atoms with Crippen LogP contribution in [0.1, 0.15) is 12.5 Å². The number of benzene rings is 2. The van der Waals surface area contributed by atoms with E-state index in [0.717, 1.165) is 21.5 Å². The Kier molecular flexibility index (Phi) is 6.29. The Balaban J connectivity index is 1.78. The van der Waals surface area contributed by atoms with Crippen LogP contribution in [0.25, 0.3) is 0 Å². The van der Waals surface area contributed by atoms with E-state index in [1.54, 1.807) is 12.1 Å². The minimum Gasteiger partial charge on any atom is -0.494 e. The number of carbonyl (C=O) groups excluding carboxylic acids is 1. The second-order valence-corrected chi connectivity index (χ2v) is 5.70. The molecule has 0 spiro atoms. The Morgan fingerprint density at radius 3 is 2.35 bits per heavy atom. The Hall–Kier alpha value is -2.21. The fourth-order valence-corrected chi connectivity index (χ4v) is 2.39. The fourth-order valence-electron chi connectivity index (χ4n) is 1.92. The van der Waals surface area contributed by atoms with Gasteiger partial charge in [-0.2, -0.15) is 0 Å². The summed E-state index contributed by atoms with van der Waals surface area (Å²) in [5, 5.41) is 5.42. The summed E-state index contributed by atoms with van der Waals surface area (Å²) in [6.45, 7) is 4.56. The first-order valence-corrected chi connectivity index (χ1v) is 8.04. The van der Waals surface area contributed by atoms with Crippen molar-refractivity contribution in [3.8, 4) is 11.5 Å². The summed E-state index contributed by atoms with van der Waals surface area (Å²) in [6, 6.07) is 12.6. The van der Waals surface area contributed by atoms with Crippen LogP contribution in [-0.4, -0.2) is 19.4 Å². The number of hydrogen-bond acceptors (Lipinski definition) is 3. The van der Waals surface area contributed by atoms with E-state index >= 15 is 0 Å². The van der Waals surface area contributed by atoms with Crippen LogP contribution in [0.3, 0.4) is 0 Å². The van der Waals surface area contributed by atoms with Crippen molar-refractivity contribution in [2.75, 3.05) is 18.7 Å². The van der Waals surface area contributed by atoms with Gasteiger partial charge in [-0.05, 0) is 61.9 Å². The van der Waals surface area contributed by atoms with Crippen molar-refractivity contribution in [1.29, 1.82) is 0 Å². The number of carbonyl (C=O) groups is 1. The SMILES string of the molecule is CCOc1ccc(OCNC(=O)Nc2ccc(Br)cc2C)cc1. The predicted octanol–water partition coefficient (Wildman–Crippen LogP) is 4.31. The Bertz CT molecular complexity index is 659. The van der Waals surface area contributed by atoms with Crippen LogP contribution in [-0.2, 0) is 0 Å². The number of hydrogen-bond donors (Lipinski definition) is 2. The number of aryl methyl sites for hydroxylation is 1. The van der Waals surface area contributed by atoms with Gasteiger partial charge in [0.25, 0.3) is 0 Å². The lowest BCUT2D eigenvalue weighted by Gasteiger charge is -2.11. The zero-order valence-corrected chi connectivity index (χ0v) is 14.6. The highest BCUT2D eigenvalue weighted by molar-refractivity contribution is 9.10. The number of nitrogens with one attached hydrogen (secondary N) is 2. The van der Waals surface area contributed by atoms with Crippen LogP contribution in [0.2, 0.25) is 0 Å². The number of anilines is 1. The summed E-state index contributed by atoms with van der Waals surface area (Å²) in [6.07, 6.45) is 0. The number of halogens is 1. The van der Waals surface area contributed by atoms with Crippen LogP contribution < -0.4 is 20.1 Å². The molecule has 0 saturated carbocycles. The van der Waals surface area contributed by atoms with Crippen LogP contribution in [0.5, 0.6) is 11.5 Å². The van der Waals surface area contributed by atoms with Crippen molar-refractivity contribution in [2.24, 2.45) is 0 Å². The first-order valence-electron chi connectivity index (χ1n) is 7.25. The van der Waals surface area contributed by atoms with Gasteiger partial charge in [0.1, 0.15) is 11.5 Å². The molecule has 5 nitrogen and oxygen atoms in total. The molecule has 0 saturated heterocycles. The monoisotopic (exact) mass is 378 g/mol. The van der Waals surface area contributed by atoms with Gasteiger partial charge in [0.05, 0.1) is 6.61 Å². The molecule has 0 radical (unpaired) electrons. The average molecular weight is 379 g/mol.